The fraction of sp³-hybridized carbons (Fsp3) is 0.0588. The monoisotopic (exact) mass is 322 g/mol. The molecule has 7 nitrogen and oxygen atoms in total. The lowest BCUT2D eigenvalue weighted by Crippen LogP contribution is -2.13. The molecule has 3 rings (SSSR count). The highest BCUT2D eigenvalue weighted by atomic mass is 16.5. The highest BCUT2D eigenvalue weighted by molar-refractivity contribution is 6.02. The summed E-state index contributed by atoms with van der Waals surface area (Å²) in [6, 6.07) is 15.7. The number of esters is 1. The normalized spacial score (nSPS) is 10.2. The van der Waals surface area contributed by atoms with E-state index in [-0.39, 0.29) is 11.6 Å². The predicted octanol–water partition coefficient (Wildman–Crippen LogP) is 2.31. The Morgan fingerprint density at radius 1 is 1.04 bits per heavy atom. The van der Waals surface area contributed by atoms with Crippen molar-refractivity contribution in [2.45, 2.75) is 0 Å². The van der Waals surface area contributed by atoms with Crippen LogP contribution in [0.15, 0.2) is 60.8 Å². The van der Waals surface area contributed by atoms with Crippen molar-refractivity contribution in [2.75, 3.05) is 12.4 Å². The number of rotatable bonds is 4. The van der Waals surface area contributed by atoms with E-state index >= 15 is 0 Å². The summed E-state index contributed by atoms with van der Waals surface area (Å²) in [4.78, 5) is 25.0. The summed E-state index contributed by atoms with van der Waals surface area (Å²) in [5.74, 6) is -0.818. The van der Waals surface area contributed by atoms with Crippen LogP contribution in [0.1, 0.15) is 20.8 Å². The Balaban J connectivity index is 1.71. The first-order valence-corrected chi connectivity index (χ1v) is 7.15. The highest BCUT2D eigenvalue weighted by Gasteiger charge is 2.12. The first-order chi connectivity index (χ1) is 11.7. The van der Waals surface area contributed by atoms with Crippen LogP contribution in [-0.4, -0.2) is 34.0 Å². The number of methoxy groups -OCH3 is 1. The molecule has 0 fully saturated rings. The van der Waals surface area contributed by atoms with Gasteiger partial charge in [-0.1, -0.05) is 18.2 Å². The van der Waals surface area contributed by atoms with Crippen LogP contribution in [0, 0.1) is 0 Å². The van der Waals surface area contributed by atoms with Gasteiger partial charge >= 0.3 is 5.97 Å². The Morgan fingerprint density at radius 3 is 2.42 bits per heavy atom. The molecule has 3 aromatic rings. The fourth-order valence-electron chi connectivity index (χ4n) is 2.06. The van der Waals surface area contributed by atoms with Gasteiger partial charge in [0, 0.05) is 5.69 Å². The Bertz CT molecular complexity index is 857. The van der Waals surface area contributed by atoms with Gasteiger partial charge in [-0.3, -0.25) is 4.79 Å². The zero-order chi connectivity index (χ0) is 16.9. The number of nitrogens with one attached hydrogen (secondary N) is 1. The number of hydrogen-bond acceptors (Lipinski definition) is 5. The Labute approximate surface area is 137 Å². The average molecular weight is 322 g/mol. The van der Waals surface area contributed by atoms with Crippen LogP contribution in [0.5, 0.6) is 0 Å². The molecule has 0 bridgehead atoms. The molecule has 0 atom stereocenters. The van der Waals surface area contributed by atoms with E-state index in [1.54, 1.807) is 24.3 Å². The van der Waals surface area contributed by atoms with E-state index in [1.165, 1.54) is 18.1 Å². The van der Waals surface area contributed by atoms with Gasteiger partial charge < -0.3 is 10.1 Å². The van der Waals surface area contributed by atoms with Crippen LogP contribution in [0.2, 0.25) is 0 Å². The van der Waals surface area contributed by atoms with Crippen LogP contribution in [0.25, 0.3) is 5.69 Å². The van der Waals surface area contributed by atoms with Gasteiger partial charge in [0.1, 0.15) is 0 Å². The van der Waals surface area contributed by atoms with E-state index in [2.05, 4.69) is 20.3 Å². The zero-order valence-electron chi connectivity index (χ0n) is 12.8. The van der Waals surface area contributed by atoms with Crippen molar-refractivity contribution >= 4 is 17.6 Å². The van der Waals surface area contributed by atoms with Crippen LogP contribution in [0.4, 0.5) is 5.69 Å². The van der Waals surface area contributed by atoms with Crippen LogP contribution in [0.3, 0.4) is 0 Å². The summed E-state index contributed by atoms with van der Waals surface area (Å²) < 4.78 is 4.62. The lowest BCUT2D eigenvalue weighted by Gasteiger charge is -2.04. The summed E-state index contributed by atoms with van der Waals surface area (Å²) >= 11 is 0. The number of anilines is 1. The van der Waals surface area contributed by atoms with Crippen molar-refractivity contribution in [1.29, 1.82) is 0 Å². The first kappa shape index (κ1) is 15.4. The van der Waals surface area contributed by atoms with Gasteiger partial charge in [0.2, 0.25) is 0 Å². The number of nitrogens with zero attached hydrogens (tertiary/aromatic N) is 3. The molecule has 1 N–H and O–H groups in total. The van der Waals surface area contributed by atoms with Gasteiger partial charge in [-0.05, 0) is 36.4 Å². The Morgan fingerprint density at radius 2 is 1.75 bits per heavy atom. The quantitative estimate of drug-likeness (QED) is 0.745. The van der Waals surface area contributed by atoms with Crippen LogP contribution in [-0.2, 0) is 4.74 Å². The summed E-state index contributed by atoms with van der Waals surface area (Å²) in [6.07, 6.45) is 1.39. The van der Waals surface area contributed by atoms with E-state index in [9.17, 15) is 9.59 Å². The minimum atomic E-state index is -0.432. The average Bonchev–Trinajstić information content (AvgIpc) is 3.13. The number of carbonyl (C=O) groups excluding carboxylic acids is 2. The molecule has 0 unspecified atom stereocenters. The molecule has 1 heterocycles. The molecule has 1 aromatic heterocycles. The first-order valence-electron chi connectivity index (χ1n) is 7.15. The largest absolute Gasteiger partial charge is 0.465 e. The van der Waals surface area contributed by atoms with E-state index in [0.717, 1.165) is 5.69 Å². The summed E-state index contributed by atoms with van der Waals surface area (Å²) in [7, 11) is 1.31. The van der Waals surface area contributed by atoms with Gasteiger partial charge in [-0.25, -0.2) is 4.79 Å². The van der Waals surface area contributed by atoms with E-state index in [4.69, 9.17) is 0 Å². The third kappa shape index (κ3) is 3.30. The molecule has 7 heteroatoms. The van der Waals surface area contributed by atoms with Gasteiger partial charge in [0.15, 0.2) is 5.69 Å². The van der Waals surface area contributed by atoms with E-state index in [1.807, 2.05) is 30.3 Å². The second-order valence-corrected chi connectivity index (χ2v) is 4.88. The van der Waals surface area contributed by atoms with Gasteiger partial charge in [-0.15, -0.1) is 5.10 Å². The minimum absolute atomic E-state index is 0.191. The molecule has 120 valence electrons. The fourth-order valence-corrected chi connectivity index (χ4v) is 2.06. The van der Waals surface area contributed by atoms with Crippen molar-refractivity contribution in [3.8, 4) is 5.69 Å². The van der Waals surface area contributed by atoms with Crippen molar-refractivity contribution < 1.29 is 14.3 Å². The molecule has 0 aliphatic carbocycles. The van der Waals surface area contributed by atoms with E-state index < -0.39 is 5.97 Å². The maximum absolute atomic E-state index is 12.2. The molecule has 0 aliphatic heterocycles. The van der Waals surface area contributed by atoms with Crippen LogP contribution >= 0.6 is 0 Å². The molecule has 0 aliphatic rings. The smallest absolute Gasteiger partial charge is 0.337 e. The van der Waals surface area contributed by atoms with Gasteiger partial charge in [-0.2, -0.15) is 9.90 Å². The Kier molecular flexibility index (Phi) is 4.33. The summed E-state index contributed by atoms with van der Waals surface area (Å²) in [5, 5.41) is 10.9. The molecular weight excluding hydrogens is 308 g/mol. The molecule has 0 saturated carbocycles. The number of carbonyl (C=O) groups is 2. The number of amides is 1. The van der Waals surface area contributed by atoms with Crippen molar-refractivity contribution in [1.82, 2.24) is 15.0 Å². The second-order valence-electron chi connectivity index (χ2n) is 4.88. The predicted molar refractivity (Wildman–Crippen MR) is 87.1 cm³/mol. The molecule has 0 saturated heterocycles. The molecular formula is C17H14N4O3. The molecule has 0 radical (unpaired) electrons. The topological polar surface area (TPSA) is 86.1 Å². The Hall–Kier alpha value is -3.48. The molecule has 2 aromatic carbocycles. The maximum atomic E-state index is 12.2. The molecule has 1 amide bonds. The third-order valence-corrected chi connectivity index (χ3v) is 3.28. The lowest BCUT2D eigenvalue weighted by atomic mass is 10.2. The van der Waals surface area contributed by atoms with Crippen molar-refractivity contribution in [3.63, 3.8) is 0 Å². The minimum Gasteiger partial charge on any atom is -0.465 e. The van der Waals surface area contributed by atoms with Crippen molar-refractivity contribution in [3.05, 3.63) is 72.1 Å². The zero-order valence-corrected chi connectivity index (χ0v) is 12.8. The lowest BCUT2D eigenvalue weighted by molar-refractivity contribution is 0.0600. The van der Waals surface area contributed by atoms with Gasteiger partial charge in [0.25, 0.3) is 5.91 Å². The number of hydrogen-bond donors (Lipinski definition) is 1. The van der Waals surface area contributed by atoms with Crippen LogP contribution < -0.4 is 5.32 Å². The molecule has 0 spiro atoms. The SMILES string of the molecule is COC(=O)c1ccc(NC(=O)c2cnn(-c3ccccc3)n2)cc1. The highest BCUT2D eigenvalue weighted by Crippen LogP contribution is 2.12. The number of ether oxygens (including phenoxy) is 1. The number of benzene rings is 2. The number of para-hydroxylation sites is 1. The third-order valence-electron chi connectivity index (χ3n) is 3.28. The van der Waals surface area contributed by atoms with Gasteiger partial charge in [0.05, 0.1) is 24.6 Å². The maximum Gasteiger partial charge on any atom is 0.337 e. The summed E-state index contributed by atoms with van der Waals surface area (Å²) in [5.41, 5.74) is 1.90. The second kappa shape index (κ2) is 6.74. The number of aromatic nitrogens is 3. The van der Waals surface area contributed by atoms with E-state index in [0.29, 0.717) is 11.3 Å². The standard InChI is InChI=1S/C17H14N4O3/c1-24-17(23)12-7-9-13(10-8-12)19-16(22)15-11-18-21(20-15)14-5-3-2-4-6-14/h2-11H,1H3,(H,19,22). The molecule has 24 heavy (non-hydrogen) atoms. The van der Waals surface area contributed by atoms with Crippen molar-refractivity contribution in [2.24, 2.45) is 0 Å². The summed E-state index contributed by atoms with van der Waals surface area (Å²) in [6.45, 7) is 0.